The second-order valence-electron chi connectivity index (χ2n) is 2.76. The molecule has 0 saturated heterocycles. The van der Waals surface area contributed by atoms with E-state index in [9.17, 15) is 0 Å². The molecule has 0 bridgehead atoms. The number of hydrogen-bond donors (Lipinski definition) is 0. The van der Waals surface area contributed by atoms with Crippen LogP contribution < -0.4 is 0 Å². The maximum atomic E-state index is 4.11. The first-order valence-electron chi connectivity index (χ1n) is 4.16. The minimum Gasteiger partial charge on any atom is -0.240 e. The van der Waals surface area contributed by atoms with Crippen LogP contribution in [-0.2, 0) is 6.42 Å². The highest BCUT2D eigenvalue weighted by Gasteiger charge is 1.95. The van der Waals surface area contributed by atoms with E-state index in [1.807, 2.05) is 18.2 Å². The van der Waals surface area contributed by atoms with E-state index >= 15 is 0 Å². The Balaban J connectivity index is 2.16. The second-order valence-corrected chi connectivity index (χ2v) is 2.76. The van der Waals surface area contributed by atoms with E-state index in [-0.39, 0.29) is 0 Å². The third-order valence-corrected chi connectivity index (χ3v) is 1.78. The molecule has 1 heterocycles. The van der Waals surface area contributed by atoms with Gasteiger partial charge in [0, 0.05) is 24.9 Å². The van der Waals surface area contributed by atoms with Crippen molar-refractivity contribution in [1.82, 2.24) is 9.97 Å². The van der Waals surface area contributed by atoms with Crippen molar-refractivity contribution < 1.29 is 0 Å². The first kappa shape index (κ1) is 7.92. The summed E-state index contributed by atoms with van der Waals surface area (Å²) >= 11 is 0. The van der Waals surface area contributed by atoms with Crippen molar-refractivity contribution >= 4 is 0 Å². The van der Waals surface area contributed by atoms with Crippen LogP contribution in [0.15, 0.2) is 42.7 Å². The quantitative estimate of drug-likeness (QED) is 0.685. The summed E-state index contributed by atoms with van der Waals surface area (Å²) in [5, 5.41) is 0. The third kappa shape index (κ3) is 2.12. The molecular formula is C11H9N2. The number of hydrogen-bond acceptors (Lipinski definition) is 2. The van der Waals surface area contributed by atoms with Gasteiger partial charge in [0.15, 0.2) is 0 Å². The van der Waals surface area contributed by atoms with Gasteiger partial charge in [0.05, 0.1) is 0 Å². The number of rotatable bonds is 2. The van der Waals surface area contributed by atoms with Crippen LogP contribution in [0.2, 0.25) is 0 Å². The summed E-state index contributed by atoms with van der Waals surface area (Å²) < 4.78 is 0. The van der Waals surface area contributed by atoms with Gasteiger partial charge < -0.3 is 0 Å². The van der Waals surface area contributed by atoms with Gasteiger partial charge in [0.25, 0.3) is 0 Å². The van der Waals surface area contributed by atoms with Gasteiger partial charge in [-0.25, -0.2) is 9.97 Å². The van der Waals surface area contributed by atoms with E-state index < -0.39 is 0 Å². The fourth-order valence-electron chi connectivity index (χ4n) is 1.16. The summed E-state index contributed by atoms with van der Waals surface area (Å²) in [6.45, 7) is 0. The number of nitrogens with zero attached hydrogens (tertiary/aromatic N) is 2. The SMILES string of the molecule is [c]1cnc(Cc2ccccc2)nc1. The van der Waals surface area contributed by atoms with Gasteiger partial charge in [-0.15, -0.1) is 0 Å². The van der Waals surface area contributed by atoms with Crippen LogP contribution >= 0.6 is 0 Å². The van der Waals surface area contributed by atoms with Crippen LogP contribution in [0.5, 0.6) is 0 Å². The van der Waals surface area contributed by atoms with Gasteiger partial charge in [-0.1, -0.05) is 30.3 Å². The van der Waals surface area contributed by atoms with E-state index in [1.165, 1.54) is 5.56 Å². The monoisotopic (exact) mass is 169 g/mol. The summed E-state index contributed by atoms with van der Waals surface area (Å²) in [6.07, 6.45) is 4.08. The smallest absolute Gasteiger partial charge is 0.132 e. The molecule has 0 aliphatic carbocycles. The van der Waals surface area contributed by atoms with Crippen molar-refractivity contribution in [3.8, 4) is 0 Å². The Bertz CT molecular complexity index is 319. The molecule has 0 spiro atoms. The molecule has 2 rings (SSSR count). The summed E-state index contributed by atoms with van der Waals surface area (Å²) in [6, 6.07) is 13.0. The molecule has 1 aromatic carbocycles. The van der Waals surface area contributed by atoms with Gasteiger partial charge in [0.2, 0.25) is 0 Å². The minimum atomic E-state index is 0.787. The number of benzene rings is 1. The van der Waals surface area contributed by atoms with E-state index in [0.29, 0.717) is 0 Å². The largest absolute Gasteiger partial charge is 0.240 e. The maximum Gasteiger partial charge on any atom is 0.132 e. The third-order valence-electron chi connectivity index (χ3n) is 1.78. The zero-order chi connectivity index (χ0) is 8.93. The summed E-state index contributed by atoms with van der Waals surface area (Å²) in [5.41, 5.74) is 1.23. The lowest BCUT2D eigenvalue weighted by Gasteiger charge is -1.97. The first-order chi connectivity index (χ1) is 6.45. The van der Waals surface area contributed by atoms with Crippen LogP contribution in [-0.4, -0.2) is 9.97 Å². The van der Waals surface area contributed by atoms with Gasteiger partial charge in [-0.2, -0.15) is 0 Å². The Morgan fingerprint density at radius 3 is 2.38 bits per heavy atom. The van der Waals surface area contributed by atoms with Gasteiger partial charge in [0.1, 0.15) is 5.82 Å². The number of aromatic nitrogens is 2. The second kappa shape index (κ2) is 3.81. The molecule has 63 valence electrons. The van der Waals surface area contributed by atoms with E-state index in [1.54, 1.807) is 12.4 Å². The van der Waals surface area contributed by atoms with E-state index in [0.717, 1.165) is 12.2 Å². The lowest BCUT2D eigenvalue weighted by atomic mass is 10.1. The summed E-state index contributed by atoms with van der Waals surface area (Å²) in [7, 11) is 0. The maximum absolute atomic E-state index is 4.11. The van der Waals surface area contributed by atoms with Gasteiger partial charge >= 0.3 is 0 Å². The Labute approximate surface area is 77.3 Å². The van der Waals surface area contributed by atoms with Crippen molar-refractivity contribution in [3.05, 3.63) is 60.2 Å². The molecule has 0 amide bonds. The molecular weight excluding hydrogens is 160 g/mol. The van der Waals surface area contributed by atoms with Crippen LogP contribution in [0.1, 0.15) is 11.4 Å². The van der Waals surface area contributed by atoms with Crippen molar-refractivity contribution in [1.29, 1.82) is 0 Å². The fraction of sp³-hybridized carbons (Fsp3) is 0.0909. The Morgan fingerprint density at radius 1 is 1.00 bits per heavy atom. The van der Waals surface area contributed by atoms with Crippen molar-refractivity contribution in [2.75, 3.05) is 0 Å². The highest BCUT2D eigenvalue weighted by atomic mass is 14.8. The fourth-order valence-corrected chi connectivity index (χ4v) is 1.16. The molecule has 0 unspecified atom stereocenters. The van der Waals surface area contributed by atoms with E-state index in [2.05, 4.69) is 28.2 Å². The topological polar surface area (TPSA) is 25.8 Å². The summed E-state index contributed by atoms with van der Waals surface area (Å²) in [5.74, 6) is 0.838. The normalized spacial score (nSPS) is 9.85. The minimum absolute atomic E-state index is 0.787. The molecule has 0 aliphatic rings. The Hall–Kier alpha value is -1.70. The molecule has 2 nitrogen and oxygen atoms in total. The highest BCUT2D eigenvalue weighted by Crippen LogP contribution is 2.03. The molecule has 13 heavy (non-hydrogen) atoms. The molecule has 1 radical (unpaired) electrons. The average Bonchev–Trinajstić information content (AvgIpc) is 2.21. The molecule has 0 atom stereocenters. The Morgan fingerprint density at radius 2 is 1.69 bits per heavy atom. The zero-order valence-electron chi connectivity index (χ0n) is 7.14. The molecule has 2 heteroatoms. The van der Waals surface area contributed by atoms with Crippen LogP contribution in [0.4, 0.5) is 0 Å². The predicted octanol–water partition coefficient (Wildman–Crippen LogP) is 1.87. The molecule has 0 aliphatic heterocycles. The van der Waals surface area contributed by atoms with E-state index in [4.69, 9.17) is 0 Å². The molecule has 2 aromatic rings. The van der Waals surface area contributed by atoms with Gasteiger partial charge in [-0.05, 0) is 5.56 Å². The van der Waals surface area contributed by atoms with Crippen molar-refractivity contribution in [3.63, 3.8) is 0 Å². The van der Waals surface area contributed by atoms with Crippen LogP contribution in [0, 0.1) is 6.07 Å². The average molecular weight is 169 g/mol. The van der Waals surface area contributed by atoms with Gasteiger partial charge in [-0.3, -0.25) is 0 Å². The van der Waals surface area contributed by atoms with Crippen LogP contribution in [0.3, 0.4) is 0 Å². The first-order valence-corrected chi connectivity index (χ1v) is 4.16. The predicted molar refractivity (Wildman–Crippen MR) is 50.1 cm³/mol. The lowest BCUT2D eigenvalue weighted by molar-refractivity contribution is 0.966. The molecule has 0 saturated carbocycles. The zero-order valence-corrected chi connectivity index (χ0v) is 7.14. The molecule has 1 aromatic heterocycles. The molecule has 0 fully saturated rings. The Kier molecular flexibility index (Phi) is 2.32. The van der Waals surface area contributed by atoms with Crippen molar-refractivity contribution in [2.45, 2.75) is 6.42 Å². The lowest BCUT2D eigenvalue weighted by Crippen LogP contribution is -1.94. The highest BCUT2D eigenvalue weighted by molar-refractivity contribution is 5.18. The standard InChI is InChI=1S/C11H9N2/c1-2-5-10(6-3-1)9-11-12-7-4-8-13-11/h1-3,5-8H,9H2. The molecule has 0 N–H and O–H groups in total. The van der Waals surface area contributed by atoms with Crippen molar-refractivity contribution in [2.24, 2.45) is 0 Å². The van der Waals surface area contributed by atoms with Crippen LogP contribution in [0.25, 0.3) is 0 Å². The summed E-state index contributed by atoms with van der Waals surface area (Å²) in [4.78, 5) is 8.21.